The maximum Gasteiger partial charge on any atom is 0.435 e. The Bertz CT molecular complexity index is 901. The van der Waals surface area contributed by atoms with E-state index in [1.54, 1.807) is 12.1 Å². The van der Waals surface area contributed by atoms with Crippen molar-refractivity contribution in [2.75, 3.05) is 32.1 Å². The number of aromatic nitrogens is 2. The van der Waals surface area contributed by atoms with E-state index in [0.29, 0.717) is 35.2 Å². The molecule has 0 unspecified atom stereocenters. The highest BCUT2D eigenvalue weighted by Crippen LogP contribution is 2.35. The van der Waals surface area contributed by atoms with E-state index < -0.39 is 24.3 Å². The molecule has 11 heteroatoms. The van der Waals surface area contributed by atoms with Crippen molar-refractivity contribution < 1.29 is 27.8 Å². The molecule has 0 saturated heterocycles. The molecule has 158 valence electrons. The van der Waals surface area contributed by atoms with Gasteiger partial charge in [-0.05, 0) is 24.6 Å². The number of fused-ring (bicyclic) bond motifs is 1. The molecule has 1 aromatic carbocycles. The summed E-state index contributed by atoms with van der Waals surface area (Å²) in [6, 6.07) is 4.65. The molecule has 29 heavy (non-hydrogen) atoms. The number of ether oxygens (including phenoxy) is 1. The Morgan fingerprint density at radius 1 is 1.41 bits per heavy atom. The first-order chi connectivity index (χ1) is 13.7. The predicted octanol–water partition coefficient (Wildman–Crippen LogP) is 2.55. The molecule has 0 saturated carbocycles. The monoisotopic (exact) mass is 432 g/mol. The molecule has 0 fully saturated rings. The van der Waals surface area contributed by atoms with E-state index in [4.69, 9.17) is 21.4 Å². The van der Waals surface area contributed by atoms with Gasteiger partial charge in [0.2, 0.25) is 5.91 Å². The summed E-state index contributed by atoms with van der Waals surface area (Å²) in [5.41, 5.74) is -0.238. The van der Waals surface area contributed by atoms with E-state index in [2.05, 4.69) is 10.4 Å². The van der Waals surface area contributed by atoms with Crippen LogP contribution in [0.25, 0.3) is 0 Å². The molecule has 0 aliphatic carbocycles. The summed E-state index contributed by atoms with van der Waals surface area (Å²) >= 11 is 5.94. The van der Waals surface area contributed by atoms with E-state index in [0.717, 1.165) is 4.68 Å². The van der Waals surface area contributed by atoms with Crippen LogP contribution in [0.1, 0.15) is 17.0 Å². The third-order valence-electron chi connectivity index (χ3n) is 4.63. The van der Waals surface area contributed by atoms with Gasteiger partial charge in [0.05, 0.1) is 25.1 Å². The van der Waals surface area contributed by atoms with Crippen molar-refractivity contribution in [3.8, 4) is 5.75 Å². The molecule has 1 amide bonds. The van der Waals surface area contributed by atoms with Gasteiger partial charge in [-0.2, -0.15) is 18.3 Å². The molecule has 3 rings (SSSR count). The number of aliphatic hydroxyl groups is 1. The van der Waals surface area contributed by atoms with Crippen LogP contribution in [0.2, 0.25) is 5.02 Å². The van der Waals surface area contributed by atoms with Crippen LogP contribution in [-0.2, 0) is 30.5 Å². The number of nitrogens with one attached hydrogen (secondary N) is 1. The minimum absolute atomic E-state index is 0.0971. The lowest BCUT2D eigenvalue weighted by molar-refractivity contribution is -0.142. The first-order valence-electron chi connectivity index (χ1n) is 8.85. The second-order valence-electron chi connectivity index (χ2n) is 6.57. The van der Waals surface area contributed by atoms with Crippen molar-refractivity contribution in [3.05, 3.63) is 40.2 Å². The molecule has 0 spiro atoms. The molecule has 7 nitrogen and oxygen atoms in total. The SMILES string of the molecule is COc1ccc(Cl)cc1NC(=O)Cn1nc(C(F)(F)F)c2c1CN(CCO)CC2. The van der Waals surface area contributed by atoms with Gasteiger partial charge in [0.15, 0.2) is 5.69 Å². The fraction of sp³-hybridized carbons (Fsp3) is 0.444. The number of nitrogens with zero attached hydrogens (tertiary/aromatic N) is 3. The Morgan fingerprint density at radius 2 is 2.17 bits per heavy atom. The lowest BCUT2D eigenvalue weighted by atomic mass is 10.0. The number of anilines is 1. The zero-order valence-electron chi connectivity index (χ0n) is 15.6. The van der Waals surface area contributed by atoms with Crippen molar-refractivity contribution in [1.29, 1.82) is 0 Å². The maximum atomic E-state index is 13.4. The van der Waals surface area contributed by atoms with Crippen molar-refractivity contribution in [3.63, 3.8) is 0 Å². The van der Waals surface area contributed by atoms with Crippen LogP contribution < -0.4 is 10.1 Å². The predicted molar refractivity (Wildman–Crippen MR) is 99.9 cm³/mol. The molecule has 0 bridgehead atoms. The highest BCUT2D eigenvalue weighted by Gasteiger charge is 2.40. The molecule has 0 radical (unpaired) electrons. The third-order valence-corrected chi connectivity index (χ3v) is 4.87. The van der Waals surface area contributed by atoms with Gasteiger partial charge in [-0.1, -0.05) is 11.6 Å². The fourth-order valence-corrected chi connectivity index (χ4v) is 3.50. The van der Waals surface area contributed by atoms with Gasteiger partial charge < -0.3 is 15.2 Å². The van der Waals surface area contributed by atoms with Crippen LogP contribution >= 0.6 is 11.6 Å². The van der Waals surface area contributed by atoms with Gasteiger partial charge in [-0.25, -0.2) is 0 Å². The van der Waals surface area contributed by atoms with Crippen molar-refractivity contribution in [2.45, 2.75) is 25.7 Å². The van der Waals surface area contributed by atoms with Gasteiger partial charge in [0, 0.05) is 30.2 Å². The summed E-state index contributed by atoms with van der Waals surface area (Å²) in [6.45, 7) is 0.380. The number of hydrogen-bond acceptors (Lipinski definition) is 5. The van der Waals surface area contributed by atoms with Crippen LogP contribution in [0.4, 0.5) is 18.9 Å². The van der Waals surface area contributed by atoms with Crippen LogP contribution in [0, 0.1) is 0 Å². The molecule has 2 N–H and O–H groups in total. The van der Waals surface area contributed by atoms with Gasteiger partial charge in [0.1, 0.15) is 12.3 Å². The van der Waals surface area contributed by atoms with Gasteiger partial charge in [-0.3, -0.25) is 14.4 Å². The van der Waals surface area contributed by atoms with Gasteiger partial charge >= 0.3 is 6.18 Å². The fourth-order valence-electron chi connectivity index (χ4n) is 3.33. The molecule has 0 atom stereocenters. The zero-order chi connectivity index (χ0) is 21.2. The number of methoxy groups -OCH3 is 1. The average molecular weight is 433 g/mol. The maximum absolute atomic E-state index is 13.4. The Balaban J connectivity index is 1.86. The summed E-state index contributed by atoms with van der Waals surface area (Å²) < 4.78 is 46.4. The Kier molecular flexibility index (Phi) is 6.35. The van der Waals surface area contributed by atoms with E-state index in [1.807, 2.05) is 4.90 Å². The smallest absolute Gasteiger partial charge is 0.435 e. The largest absolute Gasteiger partial charge is 0.495 e. The second kappa shape index (κ2) is 8.60. The third kappa shape index (κ3) is 4.82. The number of halogens is 4. The van der Waals surface area contributed by atoms with E-state index in [1.165, 1.54) is 13.2 Å². The summed E-state index contributed by atoms with van der Waals surface area (Å²) in [7, 11) is 1.42. The van der Waals surface area contributed by atoms with Crippen LogP contribution in [0.5, 0.6) is 5.75 Å². The minimum Gasteiger partial charge on any atom is -0.495 e. The molecule has 2 heterocycles. The minimum atomic E-state index is -4.61. The number of hydrogen-bond donors (Lipinski definition) is 2. The number of rotatable bonds is 6. The van der Waals surface area contributed by atoms with Crippen LogP contribution in [0.15, 0.2) is 18.2 Å². The Morgan fingerprint density at radius 3 is 2.83 bits per heavy atom. The lowest BCUT2D eigenvalue weighted by Gasteiger charge is -2.27. The van der Waals surface area contributed by atoms with E-state index in [-0.39, 0.29) is 25.1 Å². The Labute approximate surface area is 170 Å². The summed E-state index contributed by atoms with van der Waals surface area (Å²) in [5, 5.41) is 15.8. The van der Waals surface area contributed by atoms with Crippen molar-refractivity contribution in [1.82, 2.24) is 14.7 Å². The number of β-amino-alcohol motifs (C(OH)–C–C–N with tert-alkyl or cyclic N) is 1. The number of benzene rings is 1. The summed E-state index contributed by atoms with van der Waals surface area (Å²) in [4.78, 5) is 14.3. The molecule has 1 aliphatic heterocycles. The van der Waals surface area contributed by atoms with Crippen LogP contribution in [0.3, 0.4) is 0 Å². The van der Waals surface area contributed by atoms with Gasteiger partial charge in [0.25, 0.3) is 0 Å². The number of amides is 1. The summed E-state index contributed by atoms with van der Waals surface area (Å²) in [6.07, 6.45) is -4.46. The molecule has 2 aromatic rings. The second-order valence-corrected chi connectivity index (χ2v) is 7.01. The average Bonchev–Trinajstić information content (AvgIpc) is 3.00. The standard InChI is InChI=1S/C18H20ClF3N4O3/c1-29-15-3-2-11(19)8-13(15)23-16(28)10-26-14-9-25(6-7-27)5-4-12(14)17(24-26)18(20,21)22/h2-3,8,27H,4-7,9-10H2,1H3,(H,23,28). The van der Waals surface area contributed by atoms with Crippen LogP contribution in [-0.4, -0.2) is 52.5 Å². The number of aliphatic hydroxyl groups excluding tert-OH is 1. The zero-order valence-corrected chi connectivity index (χ0v) is 16.3. The number of alkyl halides is 3. The quantitative estimate of drug-likeness (QED) is 0.733. The molecule has 1 aliphatic rings. The molecule has 1 aromatic heterocycles. The lowest BCUT2D eigenvalue weighted by Crippen LogP contribution is -2.34. The van der Waals surface area contributed by atoms with E-state index >= 15 is 0 Å². The molecular formula is C18H20ClF3N4O3. The first kappa shape index (κ1) is 21.4. The first-order valence-corrected chi connectivity index (χ1v) is 9.23. The van der Waals surface area contributed by atoms with Gasteiger partial charge in [-0.15, -0.1) is 0 Å². The summed E-state index contributed by atoms with van der Waals surface area (Å²) in [5.74, 6) is -0.195. The highest BCUT2D eigenvalue weighted by molar-refractivity contribution is 6.31. The highest BCUT2D eigenvalue weighted by atomic mass is 35.5. The van der Waals surface area contributed by atoms with E-state index in [9.17, 15) is 18.0 Å². The number of carbonyl (C=O) groups is 1. The normalized spacial score (nSPS) is 14.6. The Hall–Kier alpha value is -2.30. The van der Waals surface area contributed by atoms with Crippen molar-refractivity contribution in [2.24, 2.45) is 0 Å². The topological polar surface area (TPSA) is 79.6 Å². The van der Waals surface area contributed by atoms with Crippen molar-refractivity contribution >= 4 is 23.2 Å². The number of carbonyl (C=O) groups excluding carboxylic acids is 1. The molecular weight excluding hydrogens is 413 g/mol.